The first-order valence-corrected chi connectivity index (χ1v) is 6.23. The van der Waals surface area contributed by atoms with Crippen molar-refractivity contribution in [3.05, 3.63) is 64.2 Å². The molecular formula is C15H9ClN2O3. The topological polar surface area (TPSA) is 90.2 Å². The highest BCUT2D eigenvalue weighted by atomic mass is 35.5. The molecule has 0 aliphatic heterocycles. The van der Waals surface area contributed by atoms with Gasteiger partial charge in [0.1, 0.15) is 6.07 Å². The molecule has 0 bridgehead atoms. The lowest BCUT2D eigenvalue weighted by Gasteiger charge is -2.06. The van der Waals surface area contributed by atoms with Crippen LogP contribution in [-0.2, 0) is 0 Å². The Morgan fingerprint density at radius 2 is 1.71 bits per heavy atom. The van der Waals surface area contributed by atoms with Gasteiger partial charge in [-0.25, -0.2) is 4.79 Å². The fraction of sp³-hybridized carbons (Fsp3) is 0. The van der Waals surface area contributed by atoms with Crippen LogP contribution in [0.15, 0.2) is 42.5 Å². The smallest absolute Gasteiger partial charge is 0.335 e. The SMILES string of the molecule is N#Cc1ccc(NC(=O)c2ccc(C(=O)O)cc2)cc1Cl. The largest absolute Gasteiger partial charge is 0.478 e. The molecule has 2 aromatic rings. The van der Waals surface area contributed by atoms with E-state index in [-0.39, 0.29) is 10.6 Å². The van der Waals surface area contributed by atoms with Gasteiger partial charge in [0.2, 0.25) is 0 Å². The van der Waals surface area contributed by atoms with Crippen LogP contribution in [0.4, 0.5) is 5.69 Å². The second-order valence-electron chi connectivity index (χ2n) is 4.14. The molecule has 0 saturated carbocycles. The molecule has 2 aromatic carbocycles. The molecule has 0 unspecified atom stereocenters. The zero-order valence-electron chi connectivity index (χ0n) is 10.6. The molecule has 1 amide bonds. The number of anilines is 1. The number of aromatic carboxylic acids is 1. The molecule has 0 atom stereocenters. The quantitative estimate of drug-likeness (QED) is 0.911. The van der Waals surface area contributed by atoms with Crippen LogP contribution in [0, 0.1) is 11.3 Å². The third-order valence-corrected chi connectivity index (χ3v) is 3.05. The van der Waals surface area contributed by atoms with Gasteiger partial charge < -0.3 is 10.4 Å². The molecule has 2 N–H and O–H groups in total. The van der Waals surface area contributed by atoms with E-state index >= 15 is 0 Å². The molecule has 0 radical (unpaired) electrons. The molecule has 0 heterocycles. The maximum atomic E-state index is 12.0. The first-order valence-electron chi connectivity index (χ1n) is 5.85. The predicted molar refractivity (Wildman–Crippen MR) is 77.5 cm³/mol. The normalized spacial score (nSPS) is 9.71. The fourth-order valence-corrected chi connectivity index (χ4v) is 1.87. The van der Waals surface area contributed by atoms with Gasteiger partial charge in [-0.05, 0) is 42.5 Å². The van der Waals surface area contributed by atoms with Crippen molar-refractivity contribution in [1.29, 1.82) is 5.26 Å². The van der Waals surface area contributed by atoms with Gasteiger partial charge in [0.25, 0.3) is 5.91 Å². The molecule has 2 rings (SSSR count). The maximum Gasteiger partial charge on any atom is 0.335 e. The summed E-state index contributed by atoms with van der Waals surface area (Å²) in [6.45, 7) is 0. The zero-order chi connectivity index (χ0) is 15.4. The van der Waals surface area contributed by atoms with Gasteiger partial charge in [0.05, 0.1) is 16.1 Å². The number of hydrogen-bond acceptors (Lipinski definition) is 3. The van der Waals surface area contributed by atoms with Crippen LogP contribution in [0.1, 0.15) is 26.3 Å². The van der Waals surface area contributed by atoms with Crippen LogP contribution in [0.5, 0.6) is 0 Å². The van der Waals surface area contributed by atoms with E-state index in [1.54, 1.807) is 6.07 Å². The highest BCUT2D eigenvalue weighted by Gasteiger charge is 2.09. The number of carbonyl (C=O) groups excluding carboxylic acids is 1. The number of hydrogen-bond donors (Lipinski definition) is 2. The van der Waals surface area contributed by atoms with E-state index in [1.807, 2.05) is 6.07 Å². The average molecular weight is 301 g/mol. The van der Waals surface area contributed by atoms with Gasteiger partial charge >= 0.3 is 5.97 Å². The molecule has 0 fully saturated rings. The Hall–Kier alpha value is -2.84. The van der Waals surface area contributed by atoms with Gasteiger partial charge in [-0.15, -0.1) is 0 Å². The average Bonchev–Trinajstić information content (AvgIpc) is 2.47. The number of nitriles is 1. The summed E-state index contributed by atoms with van der Waals surface area (Å²) < 4.78 is 0. The van der Waals surface area contributed by atoms with E-state index in [9.17, 15) is 9.59 Å². The number of nitrogens with zero attached hydrogens (tertiary/aromatic N) is 1. The van der Waals surface area contributed by atoms with Crippen molar-refractivity contribution in [2.75, 3.05) is 5.32 Å². The van der Waals surface area contributed by atoms with Crippen molar-refractivity contribution in [3.8, 4) is 6.07 Å². The number of nitrogens with one attached hydrogen (secondary N) is 1. The highest BCUT2D eigenvalue weighted by Crippen LogP contribution is 2.20. The molecular weight excluding hydrogens is 292 g/mol. The van der Waals surface area contributed by atoms with E-state index in [0.717, 1.165) is 0 Å². The van der Waals surface area contributed by atoms with E-state index in [0.29, 0.717) is 16.8 Å². The first kappa shape index (κ1) is 14.6. The van der Waals surface area contributed by atoms with Gasteiger partial charge in [-0.3, -0.25) is 4.79 Å². The summed E-state index contributed by atoms with van der Waals surface area (Å²) in [7, 11) is 0. The number of rotatable bonds is 3. The third kappa shape index (κ3) is 3.38. The molecule has 104 valence electrons. The zero-order valence-corrected chi connectivity index (χ0v) is 11.4. The maximum absolute atomic E-state index is 12.0. The molecule has 0 saturated heterocycles. The Bertz CT molecular complexity index is 749. The number of carbonyl (C=O) groups is 2. The van der Waals surface area contributed by atoms with E-state index in [1.165, 1.54) is 36.4 Å². The van der Waals surface area contributed by atoms with Crippen molar-refractivity contribution in [2.24, 2.45) is 0 Å². The van der Waals surface area contributed by atoms with Crippen LogP contribution < -0.4 is 5.32 Å². The minimum absolute atomic E-state index is 0.105. The molecule has 0 aromatic heterocycles. The summed E-state index contributed by atoms with van der Waals surface area (Å²) in [5.41, 5.74) is 1.19. The molecule has 0 aliphatic carbocycles. The fourth-order valence-electron chi connectivity index (χ4n) is 1.65. The number of carboxylic acid groups (broad SMARTS) is 1. The van der Waals surface area contributed by atoms with Crippen LogP contribution in [0.2, 0.25) is 5.02 Å². The highest BCUT2D eigenvalue weighted by molar-refractivity contribution is 6.32. The van der Waals surface area contributed by atoms with Crippen LogP contribution >= 0.6 is 11.6 Å². The second kappa shape index (κ2) is 6.07. The monoisotopic (exact) mass is 300 g/mol. The molecule has 5 nitrogen and oxygen atoms in total. The van der Waals surface area contributed by atoms with Crippen LogP contribution in [0.25, 0.3) is 0 Å². The number of carboxylic acids is 1. The van der Waals surface area contributed by atoms with E-state index in [2.05, 4.69) is 5.32 Å². The van der Waals surface area contributed by atoms with Gasteiger partial charge in [0, 0.05) is 11.3 Å². The Kier molecular flexibility index (Phi) is 4.21. The van der Waals surface area contributed by atoms with Gasteiger partial charge in [0.15, 0.2) is 0 Å². The minimum Gasteiger partial charge on any atom is -0.478 e. The Labute approximate surface area is 125 Å². The van der Waals surface area contributed by atoms with Gasteiger partial charge in [-0.1, -0.05) is 11.6 Å². The van der Waals surface area contributed by atoms with E-state index < -0.39 is 11.9 Å². The summed E-state index contributed by atoms with van der Waals surface area (Å²) in [6.07, 6.45) is 0. The molecule has 0 spiro atoms. The molecule has 21 heavy (non-hydrogen) atoms. The second-order valence-corrected chi connectivity index (χ2v) is 4.55. The summed E-state index contributed by atoms with van der Waals surface area (Å²) in [6, 6.07) is 12.0. The molecule has 6 heteroatoms. The van der Waals surface area contributed by atoms with Crippen molar-refractivity contribution in [1.82, 2.24) is 0 Å². The number of halogens is 1. The van der Waals surface area contributed by atoms with Crippen molar-refractivity contribution < 1.29 is 14.7 Å². The van der Waals surface area contributed by atoms with Crippen LogP contribution in [-0.4, -0.2) is 17.0 Å². The molecule has 0 aliphatic rings. The minimum atomic E-state index is -1.05. The first-order chi connectivity index (χ1) is 10.0. The number of benzene rings is 2. The number of amides is 1. The lowest BCUT2D eigenvalue weighted by molar-refractivity contribution is 0.0696. The lowest BCUT2D eigenvalue weighted by Crippen LogP contribution is -2.12. The summed E-state index contributed by atoms with van der Waals surface area (Å²) in [5, 5.41) is 20.4. The summed E-state index contributed by atoms with van der Waals surface area (Å²) in [4.78, 5) is 22.7. The van der Waals surface area contributed by atoms with Crippen LogP contribution in [0.3, 0.4) is 0 Å². The van der Waals surface area contributed by atoms with Crippen molar-refractivity contribution in [3.63, 3.8) is 0 Å². The van der Waals surface area contributed by atoms with Gasteiger partial charge in [-0.2, -0.15) is 5.26 Å². The Balaban J connectivity index is 2.16. The third-order valence-electron chi connectivity index (χ3n) is 2.74. The Morgan fingerprint density at radius 3 is 2.24 bits per heavy atom. The Morgan fingerprint density at radius 1 is 1.10 bits per heavy atom. The summed E-state index contributed by atoms with van der Waals surface area (Å²) >= 11 is 5.88. The van der Waals surface area contributed by atoms with Crippen molar-refractivity contribution in [2.45, 2.75) is 0 Å². The predicted octanol–water partition coefficient (Wildman–Crippen LogP) is 3.16. The lowest BCUT2D eigenvalue weighted by atomic mass is 10.1. The van der Waals surface area contributed by atoms with E-state index in [4.69, 9.17) is 22.0 Å². The standard InChI is InChI=1S/C15H9ClN2O3/c16-13-7-12(6-5-11(13)8-17)18-14(19)9-1-3-10(4-2-9)15(20)21/h1-7H,(H,18,19)(H,20,21). The summed E-state index contributed by atoms with van der Waals surface area (Å²) in [5.74, 6) is -1.45. The van der Waals surface area contributed by atoms with Crippen molar-refractivity contribution >= 4 is 29.2 Å².